The summed E-state index contributed by atoms with van der Waals surface area (Å²) >= 11 is 0. The molecule has 0 bridgehead atoms. The first-order valence-electron chi connectivity index (χ1n) is 13.7. The van der Waals surface area contributed by atoms with Crippen LogP contribution in [-0.4, -0.2) is 31.1 Å². The second kappa shape index (κ2) is 11.5. The average molecular weight is 563 g/mol. The lowest BCUT2D eigenvalue weighted by Gasteiger charge is -2.25. The van der Waals surface area contributed by atoms with Gasteiger partial charge in [-0.2, -0.15) is 4.72 Å². The second-order valence-electron chi connectivity index (χ2n) is 11.2. The fourth-order valence-electron chi connectivity index (χ4n) is 5.87. The number of carbonyl (C=O) groups is 1. The molecule has 1 aromatic carbocycles. The molecule has 5 nitrogen and oxygen atoms in total. The summed E-state index contributed by atoms with van der Waals surface area (Å²) in [4.78, 5) is 17.4. The Morgan fingerprint density at radius 2 is 1.79 bits per heavy atom. The van der Waals surface area contributed by atoms with Crippen LogP contribution in [0.25, 0.3) is 11.1 Å². The van der Waals surface area contributed by atoms with Crippen LogP contribution in [0.15, 0.2) is 35.4 Å². The largest absolute Gasteiger partial charge is 0.294 e. The highest BCUT2D eigenvalue weighted by Crippen LogP contribution is 2.43. The van der Waals surface area contributed by atoms with E-state index < -0.39 is 27.8 Å². The maximum Gasteiger partial charge on any atom is 0.257 e. The quantitative estimate of drug-likeness (QED) is 0.299. The smallest absolute Gasteiger partial charge is 0.257 e. The molecule has 0 aliphatic heterocycles. The summed E-state index contributed by atoms with van der Waals surface area (Å²) < 4.78 is 69.3. The Kier molecular flexibility index (Phi) is 8.71. The van der Waals surface area contributed by atoms with Crippen molar-refractivity contribution in [2.24, 2.45) is 11.8 Å². The number of aromatic nitrogens is 1. The third-order valence-electron chi connectivity index (χ3n) is 8.39. The van der Waals surface area contributed by atoms with Crippen molar-refractivity contribution in [1.82, 2.24) is 9.71 Å². The first kappa shape index (κ1) is 29.5. The number of hydrogen-bond acceptors (Lipinski definition) is 4. The summed E-state index contributed by atoms with van der Waals surface area (Å²) in [6.07, 6.45) is 4.50. The average Bonchev–Trinajstić information content (AvgIpc) is 3.45. The Morgan fingerprint density at radius 3 is 2.31 bits per heavy atom. The van der Waals surface area contributed by atoms with Crippen LogP contribution in [0.3, 0.4) is 0 Å². The lowest BCUT2D eigenvalue weighted by molar-refractivity contribution is -0.111. The molecule has 0 spiro atoms. The minimum Gasteiger partial charge on any atom is -0.294 e. The Hall–Kier alpha value is -2.52. The normalized spacial score (nSPS) is 18.8. The van der Waals surface area contributed by atoms with Crippen LogP contribution in [-0.2, 0) is 14.8 Å². The standard InChI is InChI=1S/C30H37F3N2O3S/c1-5-21(22-8-6-7-9-22)15-25(28(20(4)36)24-16-26(31)19(3)14-18(24)2)27-11-10-23(17-34-27)39(37,38)35-30(12-13-30)29(32)33/h10-11,14,16-17,21-22,29,35H,5-9,12-13,15H2,1-4H3. The van der Waals surface area contributed by atoms with Crippen LogP contribution in [0.5, 0.6) is 0 Å². The monoisotopic (exact) mass is 562 g/mol. The molecule has 1 N–H and O–H groups in total. The lowest BCUT2D eigenvalue weighted by Crippen LogP contribution is -2.42. The minimum atomic E-state index is -4.21. The van der Waals surface area contributed by atoms with E-state index in [4.69, 9.17) is 0 Å². The molecule has 39 heavy (non-hydrogen) atoms. The molecule has 0 saturated heterocycles. The van der Waals surface area contributed by atoms with E-state index in [2.05, 4.69) is 16.6 Å². The third kappa shape index (κ3) is 6.30. The highest BCUT2D eigenvalue weighted by Gasteiger charge is 2.54. The maximum atomic E-state index is 14.7. The van der Waals surface area contributed by atoms with Gasteiger partial charge in [0.2, 0.25) is 10.0 Å². The molecule has 2 aliphatic carbocycles. The number of alkyl halides is 2. The molecule has 0 amide bonds. The molecule has 1 heterocycles. The number of rotatable bonds is 11. The van der Waals surface area contributed by atoms with Crippen LogP contribution in [0.4, 0.5) is 13.2 Å². The van der Waals surface area contributed by atoms with Gasteiger partial charge in [-0.25, -0.2) is 21.6 Å². The first-order chi connectivity index (χ1) is 18.4. The molecular formula is C30H37F3N2O3S. The van der Waals surface area contributed by atoms with Crippen molar-refractivity contribution in [3.63, 3.8) is 0 Å². The zero-order chi connectivity index (χ0) is 28.5. The summed E-state index contributed by atoms with van der Waals surface area (Å²) in [7, 11) is -4.21. The van der Waals surface area contributed by atoms with E-state index in [1.165, 1.54) is 38.0 Å². The Morgan fingerprint density at radius 1 is 1.13 bits per heavy atom. The topological polar surface area (TPSA) is 76.1 Å². The van der Waals surface area contributed by atoms with Crippen molar-refractivity contribution in [3.8, 4) is 0 Å². The van der Waals surface area contributed by atoms with Gasteiger partial charge in [0.05, 0.1) is 11.2 Å². The summed E-state index contributed by atoms with van der Waals surface area (Å²) in [6.45, 7) is 7.08. The second-order valence-corrected chi connectivity index (χ2v) is 12.9. The number of aryl methyl sites for hydroxylation is 2. The van der Waals surface area contributed by atoms with E-state index in [-0.39, 0.29) is 29.4 Å². The van der Waals surface area contributed by atoms with Crippen LogP contribution in [0.1, 0.15) is 87.6 Å². The molecule has 2 aromatic rings. The van der Waals surface area contributed by atoms with Crippen molar-refractivity contribution in [3.05, 3.63) is 58.7 Å². The fourth-order valence-corrected chi connectivity index (χ4v) is 7.26. The fraction of sp³-hybridized carbons (Fsp3) is 0.533. The van der Waals surface area contributed by atoms with Gasteiger partial charge in [-0.15, -0.1) is 0 Å². The minimum absolute atomic E-state index is 0.0797. The number of pyridine rings is 1. The number of carbonyl (C=O) groups excluding carboxylic acids is 1. The number of nitrogens with zero attached hydrogens (tertiary/aromatic N) is 1. The van der Waals surface area contributed by atoms with Gasteiger partial charge in [0.1, 0.15) is 10.7 Å². The number of benzene rings is 1. The Balaban J connectivity index is 1.81. The number of halogens is 3. The van der Waals surface area contributed by atoms with Crippen molar-refractivity contribution in [2.45, 2.75) is 95.9 Å². The predicted molar refractivity (Wildman–Crippen MR) is 146 cm³/mol. The van der Waals surface area contributed by atoms with Gasteiger partial charge in [0.25, 0.3) is 6.43 Å². The van der Waals surface area contributed by atoms with Crippen LogP contribution in [0, 0.1) is 31.5 Å². The number of ketones is 1. The van der Waals surface area contributed by atoms with Gasteiger partial charge in [-0.05, 0) is 92.3 Å². The molecule has 2 saturated carbocycles. The number of nitrogens with one attached hydrogen (secondary N) is 1. The summed E-state index contributed by atoms with van der Waals surface area (Å²) in [5, 5.41) is 0. The molecule has 1 unspecified atom stereocenters. The number of Topliss-reactive ketones (excluding diaryl/α,β-unsaturated/α-hetero) is 1. The third-order valence-corrected chi connectivity index (χ3v) is 9.92. The van der Waals surface area contributed by atoms with Crippen LogP contribution >= 0.6 is 0 Å². The van der Waals surface area contributed by atoms with E-state index in [0.717, 1.165) is 31.0 Å². The molecule has 212 valence electrons. The molecule has 0 radical (unpaired) electrons. The van der Waals surface area contributed by atoms with Gasteiger partial charge in [0.15, 0.2) is 5.78 Å². The molecule has 1 aromatic heterocycles. The maximum absolute atomic E-state index is 14.7. The molecular weight excluding hydrogens is 525 g/mol. The Bertz CT molecular complexity index is 1360. The van der Waals surface area contributed by atoms with E-state index in [1.54, 1.807) is 13.0 Å². The van der Waals surface area contributed by atoms with Crippen molar-refractivity contribution >= 4 is 27.0 Å². The summed E-state index contributed by atoms with van der Waals surface area (Å²) in [5.41, 5.74) is 1.47. The van der Waals surface area contributed by atoms with Crippen LogP contribution in [0.2, 0.25) is 0 Å². The van der Waals surface area contributed by atoms with Gasteiger partial charge in [-0.1, -0.05) is 45.1 Å². The zero-order valence-corrected chi connectivity index (χ0v) is 23.8. The lowest BCUT2D eigenvalue weighted by atomic mass is 9.80. The van der Waals surface area contributed by atoms with Gasteiger partial charge >= 0.3 is 0 Å². The molecule has 2 fully saturated rings. The SMILES string of the molecule is CCC(CC(=C(C(C)=O)c1cc(F)c(C)cc1C)c1ccc(S(=O)(=O)NC2(C(F)F)CC2)cn1)C1CCCC1. The number of allylic oxidation sites excluding steroid dienone is 2. The van der Waals surface area contributed by atoms with E-state index in [0.29, 0.717) is 40.3 Å². The summed E-state index contributed by atoms with van der Waals surface area (Å²) in [6, 6.07) is 5.96. The zero-order valence-electron chi connectivity index (χ0n) is 23.0. The first-order valence-corrected chi connectivity index (χ1v) is 15.2. The predicted octanol–water partition coefficient (Wildman–Crippen LogP) is 7.02. The van der Waals surface area contributed by atoms with Gasteiger partial charge < -0.3 is 0 Å². The molecule has 1 atom stereocenters. The highest BCUT2D eigenvalue weighted by molar-refractivity contribution is 7.89. The highest BCUT2D eigenvalue weighted by atomic mass is 32.2. The molecule has 9 heteroatoms. The Labute approximate surface area is 229 Å². The van der Waals surface area contributed by atoms with Gasteiger partial charge in [-0.3, -0.25) is 9.78 Å². The van der Waals surface area contributed by atoms with Crippen LogP contribution < -0.4 is 4.72 Å². The van der Waals surface area contributed by atoms with Crippen molar-refractivity contribution < 1.29 is 26.4 Å². The van der Waals surface area contributed by atoms with Gasteiger partial charge in [0, 0.05) is 11.8 Å². The van der Waals surface area contributed by atoms with E-state index >= 15 is 0 Å². The van der Waals surface area contributed by atoms with Crippen molar-refractivity contribution in [1.29, 1.82) is 0 Å². The molecule has 4 rings (SSSR count). The van der Waals surface area contributed by atoms with Crippen molar-refractivity contribution in [2.75, 3.05) is 0 Å². The van der Waals surface area contributed by atoms with E-state index in [9.17, 15) is 26.4 Å². The summed E-state index contributed by atoms with van der Waals surface area (Å²) in [5.74, 6) is 0.137. The number of hydrogen-bond donors (Lipinski definition) is 1. The van der Waals surface area contributed by atoms with E-state index in [1.807, 2.05) is 6.92 Å². The molecule has 2 aliphatic rings. The number of sulfonamides is 1.